The first kappa shape index (κ1) is 12.7. The minimum absolute atomic E-state index is 0.173. The standard InChI is InChI=1S/C16H22N2O/c1-11-8-12(2)14-4-3-7-18(15(14)9-11)16(19)13-5-6-17-10-13/h8-9,13,17H,3-7,10H2,1-2H3. The molecule has 3 rings (SSSR count). The molecule has 0 spiro atoms. The van der Waals surface area contributed by atoms with Gasteiger partial charge in [0.15, 0.2) is 0 Å². The van der Waals surface area contributed by atoms with Crippen molar-refractivity contribution in [3.05, 3.63) is 28.8 Å². The molecule has 1 fully saturated rings. The van der Waals surface area contributed by atoms with E-state index in [0.717, 1.165) is 38.9 Å². The van der Waals surface area contributed by atoms with Gasteiger partial charge in [0, 0.05) is 18.8 Å². The number of carbonyl (C=O) groups excluding carboxylic acids is 1. The van der Waals surface area contributed by atoms with Crippen LogP contribution in [0.5, 0.6) is 0 Å². The minimum atomic E-state index is 0.173. The Morgan fingerprint density at radius 2 is 2.21 bits per heavy atom. The molecule has 1 unspecified atom stereocenters. The van der Waals surface area contributed by atoms with Gasteiger partial charge in [-0.2, -0.15) is 0 Å². The van der Waals surface area contributed by atoms with Crippen molar-refractivity contribution >= 4 is 11.6 Å². The highest BCUT2D eigenvalue weighted by atomic mass is 16.2. The van der Waals surface area contributed by atoms with Gasteiger partial charge < -0.3 is 10.2 Å². The zero-order chi connectivity index (χ0) is 13.4. The van der Waals surface area contributed by atoms with Gasteiger partial charge in [-0.15, -0.1) is 0 Å². The molecule has 2 aliphatic heterocycles. The van der Waals surface area contributed by atoms with Crippen LogP contribution in [-0.2, 0) is 11.2 Å². The van der Waals surface area contributed by atoms with Gasteiger partial charge in [-0.3, -0.25) is 4.79 Å². The highest BCUT2D eigenvalue weighted by Crippen LogP contribution is 2.32. The van der Waals surface area contributed by atoms with E-state index < -0.39 is 0 Å². The maximum absolute atomic E-state index is 12.7. The van der Waals surface area contributed by atoms with Crippen molar-refractivity contribution in [3.63, 3.8) is 0 Å². The van der Waals surface area contributed by atoms with E-state index >= 15 is 0 Å². The summed E-state index contributed by atoms with van der Waals surface area (Å²) in [4.78, 5) is 14.7. The van der Waals surface area contributed by atoms with Crippen molar-refractivity contribution < 1.29 is 4.79 Å². The van der Waals surface area contributed by atoms with Crippen LogP contribution in [0.1, 0.15) is 29.5 Å². The molecule has 2 heterocycles. The van der Waals surface area contributed by atoms with Crippen LogP contribution in [0.25, 0.3) is 0 Å². The second kappa shape index (κ2) is 4.97. The number of amides is 1. The highest BCUT2D eigenvalue weighted by molar-refractivity contribution is 5.96. The summed E-state index contributed by atoms with van der Waals surface area (Å²) in [5, 5.41) is 3.29. The molecule has 0 radical (unpaired) electrons. The smallest absolute Gasteiger partial charge is 0.231 e. The van der Waals surface area contributed by atoms with E-state index in [9.17, 15) is 4.79 Å². The molecule has 0 aliphatic carbocycles. The Kier molecular flexibility index (Phi) is 3.31. The van der Waals surface area contributed by atoms with E-state index in [1.165, 1.54) is 22.4 Å². The molecule has 1 saturated heterocycles. The predicted octanol–water partition coefficient (Wildman–Crippen LogP) is 2.19. The average Bonchev–Trinajstić information content (AvgIpc) is 2.91. The Labute approximate surface area is 115 Å². The highest BCUT2D eigenvalue weighted by Gasteiger charge is 2.30. The van der Waals surface area contributed by atoms with E-state index in [-0.39, 0.29) is 5.92 Å². The number of carbonyl (C=O) groups is 1. The van der Waals surface area contributed by atoms with Gasteiger partial charge in [-0.25, -0.2) is 0 Å². The van der Waals surface area contributed by atoms with E-state index in [2.05, 4.69) is 31.3 Å². The summed E-state index contributed by atoms with van der Waals surface area (Å²) >= 11 is 0. The SMILES string of the molecule is Cc1cc(C)c2c(c1)N(C(=O)C1CCNC1)CCC2. The van der Waals surface area contributed by atoms with Gasteiger partial charge in [0.05, 0.1) is 5.92 Å². The topological polar surface area (TPSA) is 32.3 Å². The van der Waals surface area contributed by atoms with E-state index in [1.807, 2.05) is 4.90 Å². The van der Waals surface area contributed by atoms with E-state index in [0.29, 0.717) is 5.91 Å². The molecule has 0 saturated carbocycles. The van der Waals surface area contributed by atoms with Crippen molar-refractivity contribution in [2.75, 3.05) is 24.5 Å². The lowest BCUT2D eigenvalue weighted by atomic mass is 9.94. The van der Waals surface area contributed by atoms with Crippen molar-refractivity contribution in [1.29, 1.82) is 0 Å². The monoisotopic (exact) mass is 258 g/mol. The number of anilines is 1. The quantitative estimate of drug-likeness (QED) is 0.837. The molecule has 1 atom stereocenters. The number of aryl methyl sites for hydroxylation is 2. The van der Waals surface area contributed by atoms with Crippen LogP contribution in [0.3, 0.4) is 0 Å². The predicted molar refractivity (Wildman–Crippen MR) is 77.6 cm³/mol. The maximum atomic E-state index is 12.7. The Balaban J connectivity index is 1.95. The Hall–Kier alpha value is -1.35. The van der Waals surface area contributed by atoms with Gasteiger partial charge in [-0.1, -0.05) is 6.07 Å². The molecule has 0 bridgehead atoms. The zero-order valence-corrected chi connectivity index (χ0v) is 11.8. The number of fused-ring (bicyclic) bond motifs is 1. The number of hydrogen-bond donors (Lipinski definition) is 1. The van der Waals surface area contributed by atoms with Gasteiger partial charge in [0.2, 0.25) is 5.91 Å². The first-order valence-electron chi connectivity index (χ1n) is 7.29. The number of nitrogens with zero attached hydrogens (tertiary/aromatic N) is 1. The van der Waals surface area contributed by atoms with Crippen LogP contribution in [0.2, 0.25) is 0 Å². The summed E-state index contributed by atoms with van der Waals surface area (Å²) in [5.41, 5.74) is 5.12. The fourth-order valence-corrected chi connectivity index (χ4v) is 3.39. The summed E-state index contributed by atoms with van der Waals surface area (Å²) in [6.45, 7) is 6.98. The molecule has 2 aliphatic rings. The van der Waals surface area contributed by atoms with E-state index in [4.69, 9.17) is 0 Å². The number of rotatable bonds is 1. The summed E-state index contributed by atoms with van der Waals surface area (Å²) in [7, 11) is 0. The van der Waals surface area contributed by atoms with Crippen molar-refractivity contribution in [2.24, 2.45) is 5.92 Å². The lowest BCUT2D eigenvalue weighted by molar-refractivity contribution is -0.121. The van der Waals surface area contributed by atoms with Gasteiger partial charge in [-0.05, 0) is 62.4 Å². The molecule has 1 amide bonds. The molecule has 0 aromatic heterocycles. The molecule has 3 nitrogen and oxygen atoms in total. The Morgan fingerprint density at radius 1 is 1.37 bits per heavy atom. The molecule has 1 aromatic rings. The van der Waals surface area contributed by atoms with Crippen LogP contribution in [0.4, 0.5) is 5.69 Å². The minimum Gasteiger partial charge on any atom is -0.316 e. The van der Waals surface area contributed by atoms with Crippen LogP contribution in [0, 0.1) is 19.8 Å². The molecule has 102 valence electrons. The second-order valence-electron chi connectivity index (χ2n) is 5.86. The number of hydrogen-bond acceptors (Lipinski definition) is 2. The third kappa shape index (κ3) is 2.27. The average molecular weight is 258 g/mol. The second-order valence-corrected chi connectivity index (χ2v) is 5.86. The summed E-state index contributed by atoms with van der Waals surface area (Å²) < 4.78 is 0. The zero-order valence-electron chi connectivity index (χ0n) is 11.8. The molecule has 1 aromatic carbocycles. The van der Waals surface area contributed by atoms with Crippen molar-refractivity contribution in [3.8, 4) is 0 Å². The lowest BCUT2D eigenvalue weighted by Gasteiger charge is -2.32. The summed E-state index contributed by atoms with van der Waals surface area (Å²) in [5.74, 6) is 0.489. The molecule has 3 heteroatoms. The Bertz CT molecular complexity index is 504. The van der Waals surface area contributed by atoms with Crippen molar-refractivity contribution in [1.82, 2.24) is 5.32 Å². The van der Waals surface area contributed by atoms with Gasteiger partial charge >= 0.3 is 0 Å². The van der Waals surface area contributed by atoms with Crippen LogP contribution >= 0.6 is 0 Å². The van der Waals surface area contributed by atoms with Crippen LogP contribution < -0.4 is 10.2 Å². The largest absolute Gasteiger partial charge is 0.316 e. The van der Waals surface area contributed by atoms with Gasteiger partial charge in [0.1, 0.15) is 0 Å². The molecular weight excluding hydrogens is 236 g/mol. The van der Waals surface area contributed by atoms with E-state index in [1.54, 1.807) is 0 Å². The number of nitrogens with one attached hydrogen (secondary N) is 1. The molecule has 19 heavy (non-hydrogen) atoms. The fourth-order valence-electron chi connectivity index (χ4n) is 3.39. The fraction of sp³-hybridized carbons (Fsp3) is 0.562. The molecule has 1 N–H and O–H groups in total. The first-order valence-corrected chi connectivity index (χ1v) is 7.29. The summed E-state index contributed by atoms with van der Waals surface area (Å²) in [6, 6.07) is 4.41. The van der Waals surface area contributed by atoms with Crippen LogP contribution in [-0.4, -0.2) is 25.5 Å². The van der Waals surface area contributed by atoms with Crippen molar-refractivity contribution in [2.45, 2.75) is 33.1 Å². The third-order valence-electron chi connectivity index (χ3n) is 4.37. The maximum Gasteiger partial charge on any atom is 0.231 e. The Morgan fingerprint density at radius 3 is 2.95 bits per heavy atom. The first-order chi connectivity index (χ1) is 9.16. The summed E-state index contributed by atoms with van der Waals surface area (Å²) in [6.07, 6.45) is 3.17. The molecular formula is C16H22N2O. The lowest BCUT2D eigenvalue weighted by Crippen LogP contribution is -2.40. The normalized spacial score (nSPS) is 22.4. The number of benzene rings is 1. The van der Waals surface area contributed by atoms with Crippen LogP contribution in [0.15, 0.2) is 12.1 Å². The third-order valence-corrected chi connectivity index (χ3v) is 4.37. The van der Waals surface area contributed by atoms with Gasteiger partial charge in [0.25, 0.3) is 0 Å².